The fourth-order valence-electron chi connectivity index (χ4n) is 0.340. The molecule has 0 saturated heterocycles. The molecule has 64 valence electrons. The summed E-state index contributed by atoms with van der Waals surface area (Å²) in [6.07, 6.45) is -0.792. The van der Waals surface area contributed by atoms with Crippen LogP contribution < -0.4 is 0 Å². The Kier molecular flexibility index (Phi) is 4.90. The van der Waals surface area contributed by atoms with Crippen LogP contribution in [0.5, 0.6) is 0 Å². The van der Waals surface area contributed by atoms with Crippen molar-refractivity contribution in [2.45, 2.75) is 13.0 Å². The summed E-state index contributed by atoms with van der Waals surface area (Å²) in [5.41, 5.74) is 0.312. The number of hydrogen-bond acceptors (Lipinski definition) is 3. The average molecular weight is 179 g/mol. The molecule has 0 spiro atoms. The van der Waals surface area contributed by atoms with Crippen LogP contribution in [0.4, 0.5) is 0 Å². The molecule has 0 aromatic heterocycles. The molecule has 0 aliphatic rings. The van der Waals surface area contributed by atoms with Crippen LogP contribution in [0.15, 0.2) is 12.2 Å². The Balaban J connectivity index is 3.54. The van der Waals surface area contributed by atoms with Gasteiger partial charge in [-0.1, -0.05) is 6.58 Å². The van der Waals surface area contributed by atoms with Crippen LogP contribution in [0.1, 0.15) is 6.92 Å². The Labute approximate surface area is 70.6 Å². The average Bonchev–Trinajstić information content (AvgIpc) is 1.99. The number of ether oxygens (including phenoxy) is 1. The standard InChI is InChI=1S/C7H11ClO3/c1-5(2)7(10)11-4-6(9)3-8/h6,9H,1,3-4H2,2H3/t6-/m0/s1. The number of carbonyl (C=O) groups is 1. The zero-order valence-electron chi connectivity index (χ0n) is 6.34. The molecule has 4 heteroatoms. The lowest BCUT2D eigenvalue weighted by molar-refractivity contribution is -0.141. The van der Waals surface area contributed by atoms with Crippen molar-refractivity contribution in [2.24, 2.45) is 0 Å². The van der Waals surface area contributed by atoms with E-state index >= 15 is 0 Å². The number of esters is 1. The van der Waals surface area contributed by atoms with E-state index in [0.717, 1.165) is 0 Å². The lowest BCUT2D eigenvalue weighted by atomic mass is 10.3. The highest BCUT2D eigenvalue weighted by Crippen LogP contribution is 1.94. The largest absolute Gasteiger partial charge is 0.460 e. The van der Waals surface area contributed by atoms with E-state index in [4.69, 9.17) is 16.7 Å². The number of aliphatic hydroxyl groups is 1. The number of halogens is 1. The maximum Gasteiger partial charge on any atom is 0.333 e. The van der Waals surface area contributed by atoms with Crippen molar-refractivity contribution in [1.82, 2.24) is 0 Å². The van der Waals surface area contributed by atoms with Gasteiger partial charge in [0.1, 0.15) is 12.7 Å². The van der Waals surface area contributed by atoms with Crippen molar-refractivity contribution < 1.29 is 14.6 Å². The van der Waals surface area contributed by atoms with Crippen molar-refractivity contribution >= 4 is 17.6 Å². The van der Waals surface area contributed by atoms with Gasteiger partial charge < -0.3 is 9.84 Å². The van der Waals surface area contributed by atoms with Crippen LogP contribution in [0.2, 0.25) is 0 Å². The van der Waals surface area contributed by atoms with Gasteiger partial charge in [0.25, 0.3) is 0 Å². The topological polar surface area (TPSA) is 46.5 Å². The Bertz CT molecular complexity index is 156. The number of hydrogen-bond donors (Lipinski definition) is 1. The van der Waals surface area contributed by atoms with Crippen LogP contribution in [0, 0.1) is 0 Å². The Hall–Kier alpha value is -0.540. The van der Waals surface area contributed by atoms with Crippen LogP contribution in [-0.2, 0) is 9.53 Å². The lowest BCUT2D eigenvalue weighted by Gasteiger charge is -2.07. The lowest BCUT2D eigenvalue weighted by Crippen LogP contribution is -2.19. The molecular weight excluding hydrogens is 168 g/mol. The summed E-state index contributed by atoms with van der Waals surface area (Å²) in [5.74, 6) is -0.446. The molecule has 3 nitrogen and oxygen atoms in total. The maximum absolute atomic E-state index is 10.7. The molecule has 0 amide bonds. The fourth-order valence-corrected chi connectivity index (χ4v) is 0.429. The maximum atomic E-state index is 10.7. The van der Waals surface area contributed by atoms with E-state index in [1.165, 1.54) is 6.92 Å². The summed E-state index contributed by atoms with van der Waals surface area (Å²) in [5, 5.41) is 8.85. The van der Waals surface area contributed by atoms with Gasteiger partial charge in [0.05, 0.1) is 5.88 Å². The van der Waals surface area contributed by atoms with Gasteiger partial charge in [-0.3, -0.25) is 0 Å². The van der Waals surface area contributed by atoms with Crippen molar-refractivity contribution in [2.75, 3.05) is 12.5 Å². The van der Waals surface area contributed by atoms with Crippen LogP contribution >= 0.6 is 11.6 Å². The van der Waals surface area contributed by atoms with Gasteiger partial charge in [0, 0.05) is 5.57 Å². The summed E-state index contributed by atoms with van der Waals surface area (Å²) >= 11 is 5.25. The number of rotatable bonds is 4. The first-order valence-corrected chi connectivity index (χ1v) is 3.68. The van der Waals surface area contributed by atoms with E-state index in [-0.39, 0.29) is 12.5 Å². The molecule has 0 saturated carbocycles. The quantitative estimate of drug-likeness (QED) is 0.392. The van der Waals surface area contributed by atoms with Gasteiger partial charge in [-0.05, 0) is 6.92 Å². The van der Waals surface area contributed by atoms with Crippen molar-refractivity contribution in [1.29, 1.82) is 0 Å². The minimum absolute atomic E-state index is 0.0590. The molecule has 0 rings (SSSR count). The molecule has 11 heavy (non-hydrogen) atoms. The van der Waals surface area contributed by atoms with E-state index in [9.17, 15) is 4.79 Å². The molecule has 0 heterocycles. The molecular formula is C7H11ClO3. The third-order valence-corrected chi connectivity index (χ3v) is 1.29. The molecule has 0 aromatic carbocycles. The predicted octanol–water partition coefficient (Wildman–Crippen LogP) is 0.705. The van der Waals surface area contributed by atoms with Crippen LogP contribution in [-0.4, -0.2) is 29.7 Å². The normalized spacial score (nSPS) is 12.3. The summed E-state index contributed by atoms with van der Waals surface area (Å²) in [4.78, 5) is 10.7. The highest BCUT2D eigenvalue weighted by molar-refractivity contribution is 6.18. The zero-order chi connectivity index (χ0) is 8.85. The molecule has 0 aliphatic carbocycles. The molecule has 1 atom stereocenters. The smallest absolute Gasteiger partial charge is 0.333 e. The Morgan fingerprint density at radius 2 is 2.36 bits per heavy atom. The molecule has 0 fully saturated rings. The first-order chi connectivity index (χ1) is 5.07. The summed E-state index contributed by atoms with van der Waals surface area (Å²) in [6, 6.07) is 0. The zero-order valence-corrected chi connectivity index (χ0v) is 7.10. The monoisotopic (exact) mass is 178 g/mol. The van der Waals surface area contributed by atoms with Crippen molar-refractivity contribution in [3.63, 3.8) is 0 Å². The minimum Gasteiger partial charge on any atom is -0.460 e. The SMILES string of the molecule is C=C(C)C(=O)OC[C@@H](O)CCl. The van der Waals surface area contributed by atoms with E-state index in [2.05, 4.69) is 11.3 Å². The van der Waals surface area contributed by atoms with Gasteiger partial charge in [0.15, 0.2) is 0 Å². The number of alkyl halides is 1. The first kappa shape index (κ1) is 10.5. The highest BCUT2D eigenvalue weighted by atomic mass is 35.5. The summed E-state index contributed by atoms with van der Waals surface area (Å²) < 4.78 is 4.58. The molecule has 0 radical (unpaired) electrons. The minimum atomic E-state index is -0.792. The molecule has 0 aliphatic heterocycles. The third kappa shape index (κ3) is 4.81. The van der Waals surface area contributed by atoms with Gasteiger partial charge in [-0.15, -0.1) is 11.6 Å². The molecule has 0 aromatic rings. The predicted molar refractivity (Wildman–Crippen MR) is 42.5 cm³/mol. The van der Waals surface area contributed by atoms with E-state index < -0.39 is 12.1 Å². The van der Waals surface area contributed by atoms with Crippen LogP contribution in [0.3, 0.4) is 0 Å². The first-order valence-electron chi connectivity index (χ1n) is 3.14. The number of aliphatic hydroxyl groups excluding tert-OH is 1. The Morgan fingerprint density at radius 3 is 2.73 bits per heavy atom. The fraction of sp³-hybridized carbons (Fsp3) is 0.571. The van der Waals surface area contributed by atoms with Gasteiger partial charge in [-0.2, -0.15) is 0 Å². The number of carbonyl (C=O) groups excluding carboxylic acids is 1. The third-order valence-electron chi connectivity index (χ3n) is 0.933. The van der Waals surface area contributed by atoms with Gasteiger partial charge in [0.2, 0.25) is 0 Å². The van der Waals surface area contributed by atoms with E-state index in [1.54, 1.807) is 0 Å². The van der Waals surface area contributed by atoms with Gasteiger partial charge in [-0.25, -0.2) is 4.79 Å². The second-order valence-electron chi connectivity index (χ2n) is 2.19. The summed E-state index contributed by atoms with van der Waals surface area (Å²) in [7, 11) is 0. The molecule has 0 unspecified atom stereocenters. The van der Waals surface area contributed by atoms with Gasteiger partial charge >= 0.3 is 5.97 Å². The second kappa shape index (κ2) is 5.16. The van der Waals surface area contributed by atoms with Crippen LogP contribution in [0.25, 0.3) is 0 Å². The van der Waals surface area contributed by atoms with Crippen molar-refractivity contribution in [3.05, 3.63) is 12.2 Å². The molecule has 0 bridgehead atoms. The van der Waals surface area contributed by atoms with E-state index in [0.29, 0.717) is 5.57 Å². The second-order valence-corrected chi connectivity index (χ2v) is 2.50. The van der Waals surface area contributed by atoms with Crippen molar-refractivity contribution in [3.8, 4) is 0 Å². The molecule has 1 N–H and O–H groups in total. The Morgan fingerprint density at radius 1 is 1.82 bits per heavy atom. The summed E-state index contributed by atoms with van der Waals surface area (Å²) in [6.45, 7) is 4.83. The highest BCUT2D eigenvalue weighted by Gasteiger charge is 2.07. The van der Waals surface area contributed by atoms with E-state index in [1.807, 2.05) is 0 Å².